The van der Waals surface area contributed by atoms with E-state index in [1.165, 1.54) is 0 Å². The van der Waals surface area contributed by atoms with Crippen molar-refractivity contribution in [2.45, 2.75) is 19.1 Å². The normalized spacial score (nSPS) is 11.3. The largest absolute Gasteiger partial charge is 0.465 e. The quantitative estimate of drug-likeness (QED) is 0.608. The van der Waals surface area contributed by atoms with Crippen molar-refractivity contribution in [3.8, 4) is 0 Å². The molecule has 0 aliphatic rings. The minimum absolute atomic E-state index is 0.0923. The molecular formula is C14H18N2O4S. The lowest BCUT2D eigenvalue weighted by Gasteiger charge is -2.12. The predicted molar refractivity (Wildman–Crippen MR) is 80.6 cm³/mol. The molecule has 0 saturated heterocycles. The summed E-state index contributed by atoms with van der Waals surface area (Å²) >= 11 is 1.14. The number of rotatable bonds is 6. The van der Waals surface area contributed by atoms with E-state index < -0.39 is 11.2 Å². The zero-order valence-electron chi connectivity index (χ0n) is 11.9. The van der Waals surface area contributed by atoms with Crippen molar-refractivity contribution in [1.82, 2.24) is 10.9 Å². The lowest BCUT2D eigenvalue weighted by atomic mass is 10.2. The molecule has 2 amide bonds. The van der Waals surface area contributed by atoms with Crippen LogP contribution in [0.3, 0.4) is 0 Å². The molecule has 0 radical (unpaired) electrons. The van der Waals surface area contributed by atoms with Crippen LogP contribution < -0.4 is 10.9 Å². The summed E-state index contributed by atoms with van der Waals surface area (Å²) in [5.74, 6) is -1.05. The molecule has 1 atom stereocenters. The van der Waals surface area contributed by atoms with Gasteiger partial charge in [0.05, 0.1) is 17.6 Å². The van der Waals surface area contributed by atoms with Crippen LogP contribution in [0.4, 0.5) is 0 Å². The minimum Gasteiger partial charge on any atom is -0.465 e. The summed E-state index contributed by atoms with van der Waals surface area (Å²) in [5, 5.41) is -0.481. The van der Waals surface area contributed by atoms with Crippen molar-refractivity contribution in [1.29, 1.82) is 0 Å². The van der Waals surface area contributed by atoms with Crippen LogP contribution in [0.25, 0.3) is 0 Å². The maximum Gasteiger partial charge on any atom is 0.315 e. The Morgan fingerprint density at radius 3 is 2.48 bits per heavy atom. The average molecular weight is 310 g/mol. The second-order valence-electron chi connectivity index (χ2n) is 4.07. The first-order valence-corrected chi connectivity index (χ1v) is 7.52. The van der Waals surface area contributed by atoms with E-state index in [2.05, 4.69) is 10.9 Å². The molecule has 1 rings (SSSR count). The van der Waals surface area contributed by atoms with Crippen molar-refractivity contribution < 1.29 is 19.1 Å². The van der Waals surface area contributed by atoms with Crippen LogP contribution in [0.15, 0.2) is 30.3 Å². The number of hydrogen-bond acceptors (Lipinski definition) is 5. The van der Waals surface area contributed by atoms with E-state index in [0.29, 0.717) is 12.2 Å². The van der Waals surface area contributed by atoms with Crippen LogP contribution in [0.1, 0.15) is 24.2 Å². The summed E-state index contributed by atoms with van der Waals surface area (Å²) < 4.78 is 4.77. The number of carbonyl (C=O) groups is 3. The molecule has 0 spiro atoms. The third kappa shape index (κ3) is 6.31. The van der Waals surface area contributed by atoms with Crippen molar-refractivity contribution in [2.24, 2.45) is 0 Å². The fraction of sp³-hybridized carbons (Fsp3) is 0.357. The molecule has 21 heavy (non-hydrogen) atoms. The number of amides is 2. The van der Waals surface area contributed by atoms with Gasteiger partial charge in [-0.15, -0.1) is 11.8 Å². The van der Waals surface area contributed by atoms with Gasteiger partial charge >= 0.3 is 5.97 Å². The minimum atomic E-state index is -0.481. The maximum absolute atomic E-state index is 11.8. The number of benzene rings is 1. The summed E-state index contributed by atoms with van der Waals surface area (Å²) in [6, 6.07) is 8.54. The zero-order valence-corrected chi connectivity index (χ0v) is 12.7. The molecular weight excluding hydrogens is 292 g/mol. The Labute approximate surface area is 127 Å². The van der Waals surface area contributed by atoms with E-state index in [4.69, 9.17) is 4.74 Å². The molecule has 0 fully saturated rings. The first kappa shape index (κ1) is 17.0. The van der Waals surface area contributed by atoms with Crippen LogP contribution in [0, 0.1) is 0 Å². The highest BCUT2D eigenvalue weighted by Crippen LogP contribution is 2.10. The highest BCUT2D eigenvalue weighted by atomic mass is 32.2. The van der Waals surface area contributed by atoms with Crippen LogP contribution >= 0.6 is 11.8 Å². The molecule has 0 bridgehead atoms. The highest BCUT2D eigenvalue weighted by molar-refractivity contribution is 8.01. The SMILES string of the molecule is CCOC(=O)CS[C@@H](C)C(=O)NNC(=O)c1ccccc1. The zero-order chi connectivity index (χ0) is 15.7. The molecule has 0 aliphatic heterocycles. The van der Waals surface area contributed by atoms with Gasteiger partial charge in [-0.3, -0.25) is 25.2 Å². The molecule has 0 unspecified atom stereocenters. The molecule has 0 heterocycles. The molecule has 1 aromatic carbocycles. The second kappa shape index (κ2) is 9.02. The standard InChI is InChI=1S/C14H18N2O4S/c1-3-20-12(17)9-21-10(2)13(18)15-16-14(19)11-7-5-4-6-8-11/h4-8,10H,3,9H2,1-2H3,(H,15,18)(H,16,19)/t10-/m0/s1. The number of hydrazine groups is 1. The fourth-order valence-electron chi connectivity index (χ4n) is 1.35. The summed E-state index contributed by atoms with van der Waals surface area (Å²) in [5.41, 5.74) is 5.10. The first-order valence-electron chi connectivity index (χ1n) is 6.47. The maximum atomic E-state index is 11.8. The molecule has 2 N–H and O–H groups in total. The highest BCUT2D eigenvalue weighted by Gasteiger charge is 2.16. The van der Waals surface area contributed by atoms with Crippen molar-refractivity contribution in [3.05, 3.63) is 35.9 Å². The van der Waals surface area contributed by atoms with Gasteiger partial charge in [-0.2, -0.15) is 0 Å². The number of ether oxygens (including phenoxy) is 1. The third-order valence-electron chi connectivity index (χ3n) is 2.46. The van der Waals surface area contributed by atoms with Crippen molar-refractivity contribution in [2.75, 3.05) is 12.4 Å². The Balaban J connectivity index is 2.33. The fourth-order valence-corrected chi connectivity index (χ4v) is 2.03. The van der Waals surface area contributed by atoms with Crippen molar-refractivity contribution in [3.63, 3.8) is 0 Å². The van der Waals surface area contributed by atoms with Crippen molar-refractivity contribution >= 4 is 29.5 Å². The van der Waals surface area contributed by atoms with Gasteiger partial charge in [0.15, 0.2) is 0 Å². The Hall–Kier alpha value is -2.02. The number of carbonyl (C=O) groups excluding carboxylic acids is 3. The lowest BCUT2D eigenvalue weighted by molar-refractivity contribution is -0.139. The monoisotopic (exact) mass is 310 g/mol. The van der Waals surface area contributed by atoms with Gasteiger partial charge in [-0.1, -0.05) is 18.2 Å². The smallest absolute Gasteiger partial charge is 0.315 e. The van der Waals surface area contributed by atoms with Gasteiger partial charge in [0, 0.05) is 5.56 Å². The molecule has 114 valence electrons. The molecule has 6 nitrogen and oxygen atoms in total. The molecule has 0 aromatic heterocycles. The Morgan fingerprint density at radius 1 is 1.19 bits per heavy atom. The van der Waals surface area contributed by atoms with Crippen LogP contribution in [0.5, 0.6) is 0 Å². The summed E-state index contributed by atoms with van der Waals surface area (Å²) in [4.78, 5) is 34.6. The first-order chi connectivity index (χ1) is 10.0. The van der Waals surface area contributed by atoms with Gasteiger partial charge in [0.1, 0.15) is 0 Å². The van der Waals surface area contributed by atoms with Gasteiger partial charge in [0.25, 0.3) is 11.8 Å². The molecule has 1 aromatic rings. The number of thioether (sulfide) groups is 1. The summed E-state index contributed by atoms with van der Waals surface area (Å²) in [6.07, 6.45) is 0. The van der Waals surface area contributed by atoms with Gasteiger partial charge in [-0.05, 0) is 26.0 Å². The van der Waals surface area contributed by atoms with E-state index in [-0.39, 0.29) is 17.6 Å². The van der Waals surface area contributed by atoms with Crippen LogP contribution in [0.2, 0.25) is 0 Å². The topological polar surface area (TPSA) is 84.5 Å². The summed E-state index contributed by atoms with van der Waals surface area (Å²) in [7, 11) is 0. The molecule has 0 saturated carbocycles. The van der Waals surface area contributed by atoms with E-state index >= 15 is 0 Å². The van der Waals surface area contributed by atoms with E-state index in [9.17, 15) is 14.4 Å². The Morgan fingerprint density at radius 2 is 1.86 bits per heavy atom. The second-order valence-corrected chi connectivity index (χ2v) is 5.40. The van der Waals surface area contributed by atoms with Gasteiger partial charge < -0.3 is 4.74 Å². The number of nitrogens with one attached hydrogen (secondary N) is 2. The van der Waals surface area contributed by atoms with Crippen LogP contribution in [-0.4, -0.2) is 35.4 Å². The van der Waals surface area contributed by atoms with Crippen LogP contribution in [-0.2, 0) is 14.3 Å². The molecule has 7 heteroatoms. The Bertz CT molecular complexity index is 493. The van der Waals surface area contributed by atoms with E-state index in [1.807, 2.05) is 0 Å². The predicted octanol–water partition coefficient (Wildman–Crippen LogP) is 1.13. The number of hydrogen-bond donors (Lipinski definition) is 2. The Kier molecular flexibility index (Phi) is 7.31. The van der Waals surface area contributed by atoms with E-state index in [0.717, 1.165) is 11.8 Å². The van der Waals surface area contributed by atoms with Gasteiger partial charge in [0.2, 0.25) is 0 Å². The van der Waals surface area contributed by atoms with E-state index in [1.54, 1.807) is 44.2 Å². The number of esters is 1. The summed E-state index contributed by atoms with van der Waals surface area (Å²) in [6.45, 7) is 3.68. The average Bonchev–Trinajstić information content (AvgIpc) is 2.51. The third-order valence-corrected chi connectivity index (χ3v) is 3.58. The lowest BCUT2D eigenvalue weighted by Crippen LogP contribution is -2.45. The molecule has 0 aliphatic carbocycles. The van der Waals surface area contributed by atoms with Gasteiger partial charge in [-0.25, -0.2) is 0 Å².